The quantitative estimate of drug-likeness (QED) is 0.666. The lowest BCUT2D eigenvalue weighted by Crippen LogP contribution is -2.50. The second kappa shape index (κ2) is 9.44. The molecule has 2 aromatic rings. The molecule has 158 valence electrons. The van der Waals surface area contributed by atoms with Crippen molar-refractivity contribution >= 4 is 44.6 Å². The average molecular weight is 458 g/mol. The van der Waals surface area contributed by atoms with E-state index in [4.69, 9.17) is 16.3 Å². The number of thiophene rings is 1. The fourth-order valence-electron chi connectivity index (χ4n) is 3.26. The van der Waals surface area contributed by atoms with Crippen LogP contribution in [0.3, 0.4) is 0 Å². The van der Waals surface area contributed by atoms with Gasteiger partial charge >= 0.3 is 0 Å². The summed E-state index contributed by atoms with van der Waals surface area (Å²) in [6.07, 6.45) is 1.30. The molecule has 7 nitrogen and oxygen atoms in total. The van der Waals surface area contributed by atoms with Crippen LogP contribution in [-0.4, -0.2) is 51.5 Å². The topological polar surface area (TPSA) is 87.7 Å². The van der Waals surface area contributed by atoms with Crippen LogP contribution in [0.25, 0.3) is 0 Å². The number of carbonyl (C=O) groups is 1. The van der Waals surface area contributed by atoms with Gasteiger partial charge in [-0.15, -0.1) is 11.3 Å². The van der Waals surface area contributed by atoms with Crippen LogP contribution >= 0.6 is 22.9 Å². The SMILES string of the molecule is COc1ccc(NC(=O)C(C)N2CCC(NS(=O)(=O)c3cccs3)CC2)cc1Cl. The molecule has 10 heteroatoms. The molecule has 29 heavy (non-hydrogen) atoms. The summed E-state index contributed by atoms with van der Waals surface area (Å²) >= 11 is 7.31. The Morgan fingerprint density at radius 2 is 2.03 bits per heavy atom. The number of nitrogens with one attached hydrogen (secondary N) is 2. The monoisotopic (exact) mass is 457 g/mol. The van der Waals surface area contributed by atoms with E-state index in [1.54, 1.807) is 35.7 Å². The van der Waals surface area contributed by atoms with E-state index in [-0.39, 0.29) is 18.0 Å². The van der Waals surface area contributed by atoms with Crippen LogP contribution in [0.1, 0.15) is 19.8 Å². The summed E-state index contributed by atoms with van der Waals surface area (Å²) in [6, 6.07) is 7.93. The molecule has 1 amide bonds. The molecule has 1 aliphatic heterocycles. The normalized spacial score (nSPS) is 17.1. The standard InChI is InChI=1S/C19H24ClN3O4S2/c1-13(19(24)21-15-5-6-17(27-2)16(20)12-15)23-9-7-14(8-10-23)22-29(25,26)18-4-3-11-28-18/h3-6,11-14,22H,7-10H2,1-2H3,(H,21,24). The highest BCUT2D eigenvalue weighted by Crippen LogP contribution is 2.27. The molecule has 2 heterocycles. The molecular formula is C19H24ClN3O4S2. The number of benzene rings is 1. The van der Waals surface area contributed by atoms with Crippen LogP contribution < -0.4 is 14.8 Å². The number of ether oxygens (including phenoxy) is 1. The smallest absolute Gasteiger partial charge is 0.250 e. The molecule has 1 unspecified atom stereocenters. The molecule has 0 saturated carbocycles. The van der Waals surface area contributed by atoms with Gasteiger partial charge in [0.1, 0.15) is 9.96 Å². The van der Waals surface area contributed by atoms with Crippen molar-refractivity contribution in [1.82, 2.24) is 9.62 Å². The van der Waals surface area contributed by atoms with Crippen LogP contribution in [-0.2, 0) is 14.8 Å². The highest BCUT2D eigenvalue weighted by Gasteiger charge is 2.29. The Hall–Kier alpha value is -1.65. The van der Waals surface area contributed by atoms with Gasteiger partial charge in [-0.05, 0) is 49.4 Å². The predicted octanol–water partition coefficient (Wildman–Crippen LogP) is 3.18. The molecule has 1 aromatic carbocycles. The Morgan fingerprint density at radius 1 is 1.31 bits per heavy atom. The first-order valence-corrected chi connectivity index (χ1v) is 12.0. The fourth-order valence-corrected chi connectivity index (χ4v) is 5.83. The van der Waals surface area contributed by atoms with Crippen molar-refractivity contribution in [3.8, 4) is 5.75 Å². The first kappa shape index (κ1) is 22.0. The van der Waals surface area contributed by atoms with Gasteiger partial charge in [-0.1, -0.05) is 17.7 Å². The summed E-state index contributed by atoms with van der Waals surface area (Å²) in [6.45, 7) is 3.11. The number of hydrogen-bond donors (Lipinski definition) is 2. The van der Waals surface area contributed by atoms with Crippen LogP contribution in [0.5, 0.6) is 5.75 Å². The summed E-state index contributed by atoms with van der Waals surface area (Å²) in [7, 11) is -1.94. The van der Waals surface area contributed by atoms with E-state index in [2.05, 4.69) is 14.9 Å². The van der Waals surface area contributed by atoms with Crippen LogP contribution in [0, 0.1) is 0 Å². The number of anilines is 1. The highest BCUT2D eigenvalue weighted by atomic mass is 35.5. The maximum atomic E-state index is 12.6. The van der Waals surface area contributed by atoms with E-state index in [0.29, 0.717) is 46.6 Å². The van der Waals surface area contributed by atoms with Gasteiger partial charge in [-0.3, -0.25) is 9.69 Å². The summed E-state index contributed by atoms with van der Waals surface area (Å²) in [5.41, 5.74) is 0.603. The molecule has 1 atom stereocenters. The zero-order valence-electron chi connectivity index (χ0n) is 16.2. The number of piperidine rings is 1. The molecule has 3 rings (SSSR count). The lowest BCUT2D eigenvalue weighted by molar-refractivity contribution is -0.121. The minimum Gasteiger partial charge on any atom is -0.495 e. The largest absolute Gasteiger partial charge is 0.495 e. The van der Waals surface area contributed by atoms with E-state index in [0.717, 1.165) is 0 Å². The highest BCUT2D eigenvalue weighted by molar-refractivity contribution is 7.91. The fraction of sp³-hybridized carbons (Fsp3) is 0.421. The van der Waals surface area contributed by atoms with Gasteiger partial charge in [0.2, 0.25) is 15.9 Å². The number of rotatable bonds is 7. The first-order chi connectivity index (χ1) is 13.8. The van der Waals surface area contributed by atoms with Crippen molar-refractivity contribution < 1.29 is 17.9 Å². The van der Waals surface area contributed by atoms with Gasteiger partial charge < -0.3 is 10.1 Å². The average Bonchev–Trinajstić information content (AvgIpc) is 3.24. The van der Waals surface area contributed by atoms with Crippen molar-refractivity contribution in [3.05, 3.63) is 40.7 Å². The zero-order valence-corrected chi connectivity index (χ0v) is 18.6. The Balaban J connectivity index is 1.52. The zero-order chi connectivity index (χ0) is 21.0. The van der Waals surface area contributed by atoms with E-state index in [9.17, 15) is 13.2 Å². The predicted molar refractivity (Wildman–Crippen MR) is 115 cm³/mol. The number of amides is 1. The summed E-state index contributed by atoms with van der Waals surface area (Å²) in [5, 5.41) is 5.04. The minimum atomic E-state index is -3.47. The number of nitrogens with zero attached hydrogens (tertiary/aromatic N) is 1. The Bertz CT molecular complexity index is 942. The summed E-state index contributed by atoms with van der Waals surface area (Å²) < 4.78 is 32.9. The number of carbonyl (C=O) groups excluding carboxylic acids is 1. The van der Waals surface area contributed by atoms with Gasteiger partial charge in [-0.25, -0.2) is 13.1 Å². The molecule has 1 aliphatic rings. The van der Waals surface area contributed by atoms with Crippen molar-refractivity contribution in [2.75, 3.05) is 25.5 Å². The number of halogens is 1. The maximum absolute atomic E-state index is 12.6. The Kier molecular flexibility index (Phi) is 7.18. The number of sulfonamides is 1. The van der Waals surface area contributed by atoms with Crippen LogP contribution in [0.15, 0.2) is 39.9 Å². The van der Waals surface area contributed by atoms with Gasteiger partial charge in [0.25, 0.3) is 0 Å². The molecule has 0 radical (unpaired) electrons. The van der Waals surface area contributed by atoms with Crippen molar-refractivity contribution in [2.45, 2.75) is 36.1 Å². The third-order valence-corrected chi connectivity index (χ3v) is 8.17. The summed E-state index contributed by atoms with van der Waals surface area (Å²) in [4.78, 5) is 14.7. The van der Waals surface area contributed by atoms with E-state index in [1.807, 2.05) is 6.92 Å². The second-order valence-electron chi connectivity index (χ2n) is 6.88. The van der Waals surface area contributed by atoms with Crippen LogP contribution in [0.4, 0.5) is 5.69 Å². The number of hydrogen-bond acceptors (Lipinski definition) is 6. The van der Waals surface area contributed by atoms with Gasteiger partial charge in [0, 0.05) is 24.8 Å². The van der Waals surface area contributed by atoms with E-state index in [1.165, 1.54) is 18.4 Å². The molecule has 2 N–H and O–H groups in total. The second-order valence-corrected chi connectivity index (χ2v) is 10.2. The molecular weight excluding hydrogens is 434 g/mol. The molecule has 1 saturated heterocycles. The lowest BCUT2D eigenvalue weighted by Gasteiger charge is -2.35. The van der Waals surface area contributed by atoms with Crippen molar-refractivity contribution in [3.63, 3.8) is 0 Å². The molecule has 0 spiro atoms. The Morgan fingerprint density at radius 3 is 2.62 bits per heavy atom. The molecule has 0 aliphatic carbocycles. The van der Waals surface area contributed by atoms with Crippen LogP contribution in [0.2, 0.25) is 5.02 Å². The first-order valence-electron chi connectivity index (χ1n) is 9.24. The molecule has 1 aromatic heterocycles. The molecule has 1 fully saturated rings. The Labute approximate surface area is 180 Å². The van der Waals surface area contributed by atoms with E-state index >= 15 is 0 Å². The lowest BCUT2D eigenvalue weighted by atomic mass is 10.0. The summed E-state index contributed by atoms with van der Waals surface area (Å²) in [5.74, 6) is 0.411. The van der Waals surface area contributed by atoms with Crippen molar-refractivity contribution in [2.24, 2.45) is 0 Å². The third-order valence-electron chi connectivity index (χ3n) is 4.96. The number of methoxy groups -OCH3 is 1. The number of likely N-dealkylation sites (tertiary alicyclic amines) is 1. The maximum Gasteiger partial charge on any atom is 0.250 e. The van der Waals surface area contributed by atoms with E-state index < -0.39 is 10.0 Å². The minimum absolute atomic E-state index is 0.131. The third kappa shape index (κ3) is 5.49. The van der Waals surface area contributed by atoms with Gasteiger partial charge in [0.15, 0.2) is 0 Å². The van der Waals surface area contributed by atoms with Gasteiger partial charge in [-0.2, -0.15) is 0 Å². The van der Waals surface area contributed by atoms with Gasteiger partial charge in [0.05, 0.1) is 18.2 Å². The molecule has 0 bridgehead atoms. The van der Waals surface area contributed by atoms with Crippen molar-refractivity contribution in [1.29, 1.82) is 0 Å².